The van der Waals surface area contributed by atoms with E-state index in [1.807, 2.05) is 12.1 Å². The summed E-state index contributed by atoms with van der Waals surface area (Å²) < 4.78 is 0. The lowest BCUT2D eigenvalue weighted by molar-refractivity contribution is 0.321. The van der Waals surface area contributed by atoms with E-state index in [1.165, 1.54) is 6.21 Å². The maximum absolute atomic E-state index is 9.42. The summed E-state index contributed by atoms with van der Waals surface area (Å²) >= 11 is 0. The molecule has 14 heavy (non-hydrogen) atoms. The van der Waals surface area contributed by atoms with Crippen molar-refractivity contribution < 1.29 is 10.3 Å². The van der Waals surface area contributed by atoms with Crippen molar-refractivity contribution in [2.75, 3.05) is 0 Å². The van der Waals surface area contributed by atoms with Gasteiger partial charge in [-0.05, 0) is 30.0 Å². The van der Waals surface area contributed by atoms with Gasteiger partial charge in [-0.1, -0.05) is 25.1 Å². The van der Waals surface area contributed by atoms with Crippen LogP contribution in [0.4, 0.5) is 0 Å². The minimum atomic E-state index is 0.134. The van der Waals surface area contributed by atoms with E-state index in [1.54, 1.807) is 6.07 Å². The molecule has 2 N–H and O–H groups in total. The first-order chi connectivity index (χ1) is 6.69. The predicted molar refractivity (Wildman–Crippen MR) is 56.2 cm³/mol. The molecule has 1 atom stereocenters. The van der Waals surface area contributed by atoms with E-state index in [0.29, 0.717) is 11.5 Å². The van der Waals surface area contributed by atoms with Gasteiger partial charge in [-0.25, -0.2) is 0 Å². The summed E-state index contributed by atoms with van der Waals surface area (Å²) in [5, 5.41) is 20.7. The lowest BCUT2D eigenvalue weighted by Crippen LogP contribution is -1.93. The van der Waals surface area contributed by atoms with Crippen LogP contribution in [-0.4, -0.2) is 16.5 Å². The highest BCUT2D eigenvalue weighted by Gasteiger charge is 2.05. The van der Waals surface area contributed by atoms with Crippen LogP contribution in [0.2, 0.25) is 0 Å². The molecule has 0 saturated heterocycles. The molecule has 0 fully saturated rings. The number of nitrogens with zero attached hydrogens (tertiary/aromatic N) is 1. The molecule has 0 radical (unpaired) electrons. The van der Waals surface area contributed by atoms with Crippen molar-refractivity contribution in [1.29, 1.82) is 0 Å². The third kappa shape index (κ3) is 2.25. The maximum Gasteiger partial charge on any atom is 0.124 e. The standard InChI is InChI=1S/C11H15NO2/c1-3-8(2)9-4-5-11(13)10(6-9)7-12-14/h4-8,13-14H,3H2,1-2H3/b12-7+. The van der Waals surface area contributed by atoms with Crippen molar-refractivity contribution in [2.45, 2.75) is 26.2 Å². The Hall–Kier alpha value is -1.51. The zero-order valence-corrected chi connectivity index (χ0v) is 8.44. The first kappa shape index (κ1) is 10.6. The topological polar surface area (TPSA) is 52.8 Å². The van der Waals surface area contributed by atoms with Gasteiger partial charge >= 0.3 is 0 Å². The molecule has 0 aliphatic rings. The van der Waals surface area contributed by atoms with Gasteiger partial charge < -0.3 is 10.3 Å². The highest BCUT2D eigenvalue weighted by molar-refractivity contribution is 5.83. The lowest BCUT2D eigenvalue weighted by atomic mass is 9.97. The molecule has 3 nitrogen and oxygen atoms in total. The summed E-state index contributed by atoms with van der Waals surface area (Å²) in [5.74, 6) is 0.580. The number of oxime groups is 1. The fourth-order valence-electron chi connectivity index (χ4n) is 1.28. The Morgan fingerprint density at radius 2 is 2.21 bits per heavy atom. The number of benzene rings is 1. The summed E-state index contributed by atoms with van der Waals surface area (Å²) in [6.07, 6.45) is 2.28. The molecule has 3 heteroatoms. The van der Waals surface area contributed by atoms with Gasteiger partial charge in [-0.3, -0.25) is 0 Å². The Morgan fingerprint density at radius 3 is 2.79 bits per heavy atom. The van der Waals surface area contributed by atoms with Crippen LogP contribution in [0, 0.1) is 0 Å². The molecule has 0 aliphatic carbocycles. The molecule has 0 aromatic heterocycles. The molecule has 76 valence electrons. The van der Waals surface area contributed by atoms with Gasteiger partial charge in [-0.15, -0.1) is 0 Å². The molecule has 0 amide bonds. The quantitative estimate of drug-likeness (QED) is 0.440. The highest BCUT2D eigenvalue weighted by atomic mass is 16.4. The lowest BCUT2D eigenvalue weighted by Gasteiger charge is -2.09. The smallest absolute Gasteiger partial charge is 0.124 e. The summed E-state index contributed by atoms with van der Waals surface area (Å²) in [6, 6.07) is 5.35. The Balaban J connectivity index is 3.06. The number of aromatic hydroxyl groups is 1. The van der Waals surface area contributed by atoms with Crippen molar-refractivity contribution in [2.24, 2.45) is 5.16 Å². The summed E-state index contributed by atoms with van der Waals surface area (Å²) in [7, 11) is 0. The maximum atomic E-state index is 9.42. The second kappa shape index (κ2) is 4.65. The predicted octanol–water partition coefficient (Wildman–Crippen LogP) is 2.71. The van der Waals surface area contributed by atoms with Crippen molar-refractivity contribution in [3.8, 4) is 5.75 Å². The fraction of sp³-hybridized carbons (Fsp3) is 0.364. The van der Waals surface area contributed by atoms with Gasteiger partial charge in [0.05, 0.1) is 6.21 Å². The van der Waals surface area contributed by atoms with Crippen LogP contribution >= 0.6 is 0 Å². The second-order valence-electron chi connectivity index (χ2n) is 3.37. The molecule has 0 saturated carbocycles. The number of phenolic OH excluding ortho intramolecular Hbond substituents is 1. The van der Waals surface area contributed by atoms with Crippen molar-refractivity contribution >= 4 is 6.21 Å². The Kier molecular flexibility index (Phi) is 3.51. The largest absolute Gasteiger partial charge is 0.507 e. The van der Waals surface area contributed by atoms with Gasteiger partial charge in [0, 0.05) is 5.56 Å². The molecule has 0 aliphatic heterocycles. The van der Waals surface area contributed by atoms with Crippen LogP contribution in [0.3, 0.4) is 0 Å². The SMILES string of the molecule is CCC(C)c1ccc(O)c(/C=N/O)c1. The number of hydrogen-bond acceptors (Lipinski definition) is 3. The molecule has 1 aromatic rings. The first-order valence-electron chi connectivity index (χ1n) is 4.69. The van der Waals surface area contributed by atoms with Crippen LogP contribution in [0.25, 0.3) is 0 Å². The van der Waals surface area contributed by atoms with Crippen LogP contribution in [0.1, 0.15) is 37.3 Å². The molecular weight excluding hydrogens is 178 g/mol. The normalized spacial score (nSPS) is 13.3. The van der Waals surface area contributed by atoms with Crippen molar-refractivity contribution in [3.05, 3.63) is 29.3 Å². The van der Waals surface area contributed by atoms with E-state index in [4.69, 9.17) is 5.21 Å². The average molecular weight is 193 g/mol. The molecule has 0 bridgehead atoms. The summed E-state index contributed by atoms with van der Waals surface area (Å²) in [5.41, 5.74) is 1.69. The van der Waals surface area contributed by atoms with E-state index in [9.17, 15) is 5.11 Å². The number of hydrogen-bond donors (Lipinski definition) is 2. The minimum Gasteiger partial charge on any atom is -0.507 e. The van der Waals surface area contributed by atoms with Crippen molar-refractivity contribution in [1.82, 2.24) is 0 Å². The molecule has 0 spiro atoms. The monoisotopic (exact) mass is 193 g/mol. The number of rotatable bonds is 3. The zero-order chi connectivity index (χ0) is 10.6. The van der Waals surface area contributed by atoms with Gasteiger partial charge in [-0.2, -0.15) is 0 Å². The van der Waals surface area contributed by atoms with Crippen LogP contribution < -0.4 is 0 Å². The third-order valence-corrected chi connectivity index (χ3v) is 2.43. The molecule has 1 aromatic carbocycles. The summed E-state index contributed by atoms with van der Waals surface area (Å²) in [4.78, 5) is 0. The van der Waals surface area contributed by atoms with E-state index in [-0.39, 0.29) is 5.75 Å². The fourth-order valence-corrected chi connectivity index (χ4v) is 1.28. The highest BCUT2D eigenvalue weighted by Crippen LogP contribution is 2.23. The van der Waals surface area contributed by atoms with Gasteiger partial charge in [0.15, 0.2) is 0 Å². The summed E-state index contributed by atoms with van der Waals surface area (Å²) in [6.45, 7) is 4.23. The van der Waals surface area contributed by atoms with Crippen LogP contribution in [0.15, 0.2) is 23.4 Å². The number of phenols is 1. The van der Waals surface area contributed by atoms with E-state index >= 15 is 0 Å². The second-order valence-corrected chi connectivity index (χ2v) is 3.37. The molecule has 1 rings (SSSR count). The molecule has 0 heterocycles. The molecular formula is C11H15NO2. The van der Waals surface area contributed by atoms with Gasteiger partial charge in [0.1, 0.15) is 5.75 Å². The average Bonchev–Trinajstić information content (AvgIpc) is 2.20. The van der Waals surface area contributed by atoms with Crippen molar-refractivity contribution in [3.63, 3.8) is 0 Å². The zero-order valence-electron chi connectivity index (χ0n) is 8.44. The minimum absolute atomic E-state index is 0.134. The Labute approximate surface area is 83.7 Å². The molecule has 1 unspecified atom stereocenters. The van der Waals surface area contributed by atoms with Gasteiger partial charge in [0.25, 0.3) is 0 Å². The third-order valence-electron chi connectivity index (χ3n) is 2.43. The van der Waals surface area contributed by atoms with E-state index < -0.39 is 0 Å². The Morgan fingerprint density at radius 1 is 1.50 bits per heavy atom. The van der Waals surface area contributed by atoms with Gasteiger partial charge in [0.2, 0.25) is 0 Å². The first-order valence-corrected chi connectivity index (χ1v) is 4.69. The van der Waals surface area contributed by atoms with E-state index in [2.05, 4.69) is 19.0 Å². The van der Waals surface area contributed by atoms with E-state index in [0.717, 1.165) is 12.0 Å². The van der Waals surface area contributed by atoms with Crippen LogP contribution in [0.5, 0.6) is 5.75 Å². The Bertz CT molecular complexity index is 334. The van der Waals surface area contributed by atoms with Crippen LogP contribution in [-0.2, 0) is 0 Å².